The molecule has 2 N–H and O–H groups in total. The summed E-state index contributed by atoms with van der Waals surface area (Å²) in [5.41, 5.74) is 5.30. The van der Waals surface area contributed by atoms with Crippen molar-refractivity contribution in [2.24, 2.45) is 16.9 Å². The lowest BCUT2D eigenvalue weighted by Crippen LogP contribution is -2.43. The van der Waals surface area contributed by atoms with E-state index in [9.17, 15) is 9.90 Å². The average molecular weight is 258 g/mol. The van der Waals surface area contributed by atoms with Gasteiger partial charge in [0.2, 0.25) is 5.91 Å². The summed E-state index contributed by atoms with van der Waals surface area (Å²) in [6, 6.07) is 5.51. The van der Waals surface area contributed by atoms with Gasteiger partial charge in [0.05, 0.1) is 5.71 Å². The fourth-order valence-electron chi connectivity index (χ4n) is 3.17. The van der Waals surface area contributed by atoms with Crippen LogP contribution in [0, 0.1) is 18.8 Å². The highest BCUT2D eigenvalue weighted by Gasteiger charge is 2.38. The fraction of sp³-hybridized carbons (Fsp3) is 0.467. The van der Waals surface area contributed by atoms with Gasteiger partial charge in [0, 0.05) is 17.4 Å². The van der Waals surface area contributed by atoms with E-state index in [1.165, 1.54) is 0 Å². The molecule has 2 aliphatic rings. The van der Waals surface area contributed by atoms with E-state index < -0.39 is 0 Å². The van der Waals surface area contributed by atoms with E-state index >= 15 is 0 Å². The first kappa shape index (κ1) is 12.2. The minimum absolute atomic E-state index is 0.0150. The molecule has 1 heterocycles. The third kappa shape index (κ3) is 2.11. The van der Waals surface area contributed by atoms with Gasteiger partial charge < -0.3 is 5.11 Å². The number of hydrogen-bond donors (Lipinski definition) is 2. The predicted octanol–water partition coefficient (Wildman–Crippen LogP) is 2.34. The van der Waals surface area contributed by atoms with Crippen LogP contribution >= 0.6 is 0 Å². The first-order valence-corrected chi connectivity index (χ1v) is 6.84. The van der Waals surface area contributed by atoms with Crippen molar-refractivity contribution in [1.29, 1.82) is 0 Å². The number of fused-ring (bicyclic) bond motifs is 1. The summed E-state index contributed by atoms with van der Waals surface area (Å²) in [5.74, 6) is 0.432. The average Bonchev–Trinajstić information content (AvgIpc) is 2.43. The maximum atomic E-state index is 11.9. The lowest BCUT2D eigenvalue weighted by Gasteiger charge is -2.34. The molecule has 0 unspecified atom stereocenters. The number of phenolic OH excluding ortho intramolecular Hbond substituents is 1. The molecule has 1 aliphatic carbocycles. The molecule has 0 spiro atoms. The van der Waals surface area contributed by atoms with Crippen molar-refractivity contribution < 1.29 is 9.90 Å². The number of nitrogens with one attached hydrogen (secondary N) is 1. The van der Waals surface area contributed by atoms with Crippen molar-refractivity contribution in [3.8, 4) is 5.75 Å². The monoisotopic (exact) mass is 258 g/mol. The molecular weight excluding hydrogens is 240 g/mol. The van der Waals surface area contributed by atoms with Crippen molar-refractivity contribution in [3.63, 3.8) is 0 Å². The van der Waals surface area contributed by atoms with Crippen LogP contribution in [0.4, 0.5) is 0 Å². The standard InChI is InChI=1S/C15H18N2O2/c1-9-6-7-13(18)12(8-9)14-10-4-2-3-5-11(10)15(19)17-16-14/h6-8,10-11,18H,2-5H2,1H3,(H,17,19)/t10-,11+/m1/s1. The van der Waals surface area contributed by atoms with Crippen LogP contribution < -0.4 is 5.43 Å². The number of aryl methyl sites for hydroxylation is 1. The molecule has 0 bridgehead atoms. The Kier molecular flexibility index (Phi) is 3.01. The molecule has 3 rings (SSSR count). The number of amides is 1. The molecule has 100 valence electrons. The van der Waals surface area contributed by atoms with E-state index in [-0.39, 0.29) is 23.5 Å². The summed E-state index contributed by atoms with van der Waals surface area (Å²) in [4.78, 5) is 11.9. The molecular formula is C15H18N2O2. The van der Waals surface area contributed by atoms with Gasteiger partial charge in [-0.2, -0.15) is 5.10 Å². The number of carbonyl (C=O) groups excluding carboxylic acids is 1. The Morgan fingerprint density at radius 2 is 2.00 bits per heavy atom. The molecule has 4 nitrogen and oxygen atoms in total. The van der Waals surface area contributed by atoms with Crippen LogP contribution in [0.1, 0.15) is 36.8 Å². The second kappa shape index (κ2) is 4.68. The lowest BCUT2D eigenvalue weighted by atomic mass is 9.73. The summed E-state index contributed by atoms with van der Waals surface area (Å²) in [6.45, 7) is 1.99. The van der Waals surface area contributed by atoms with Gasteiger partial charge in [0.1, 0.15) is 5.75 Å². The quantitative estimate of drug-likeness (QED) is 0.812. The van der Waals surface area contributed by atoms with Crippen molar-refractivity contribution in [2.45, 2.75) is 32.6 Å². The lowest BCUT2D eigenvalue weighted by molar-refractivity contribution is -0.127. The predicted molar refractivity (Wildman–Crippen MR) is 73.0 cm³/mol. The van der Waals surface area contributed by atoms with Crippen LogP contribution in [-0.2, 0) is 4.79 Å². The second-order valence-corrected chi connectivity index (χ2v) is 5.49. The van der Waals surface area contributed by atoms with E-state index in [1.54, 1.807) is 6.07 Å². The zero-order valence-corrected chi connectivity index (χ0v) is 11.0. The van der Waals surface area contributed by atoms with Crippen molar-refractivity contribution in [2.75, 3.05) is 0 Å². The highest BCUT2D eigenvalue weighted by atomic mass is 16.3. The highest BCUT2D eigenvalue weighted by molar-refractivity contribution is 6.08. The summed E-state index contributed by atoms with van der Waals surface area (Å²) in [6.07, 6.45) is 4.12. The van der Waals surface area contributed by atoms with E-state index in [2.05, 4.69) is 10.5 Å². The van der Waals surface area contributed by atoms with Crippen LogP contribution in [0.2, 0.25) is 0 Å². The minimum Gasteiger partial charge on any atom is -0.507 e. The van der Waals surface area contributed by atoms with Crippen LogP contribution in [0.3, 0.4) is 0 Å². The van der Waals surface area contributed by atoms with E-state index in [4.69, 9.17) is 0 Å². The van der Waals surface area contributed by atoms with E-state index in [0.717, 1.165) is 42.5 Å². The Morgan fingerprint density at radius 1 is 1.26 bits per heavy atom. The number of phenols is 1. The SMILES string of the molecule is Cc1ccc(O)c(C2=NNC(=O)[C@H]3CCCC[C@@H]23)c1. The first-order valence-electron chi connectivity index (χ1n) is 6.84. The third-order valence-corrected chi connectivity index (χ3v) is 4.17. The number of hydrazone groups is 1. The van der Waals surface area contributed by atoms with Gasteiger partial charge in [-0.3, -0.25) is 4.79 Å². The maximum absolute atomic E-state index is 11.9. The molecule has 1 aromatic carbocycles. The van der Waals surface area contributed by atoms with Crippen LogP contribution in [0.25, 0.3) is 0 Å². The topological polar surface area (TPSA) is 61.7 Å². The maximum Gasteiger partial charge on any atom is 0.243 e. The number of rotatable bonds is 1. The van der Waals surface area contributed by atoms with Crippen molar-refractivity contribution in [1.82, 2.24) is 5.43 Å². The molecule has 0 aromatic heterocycles. The largest absolute Gasteiger partial charge is 0.507 e. The highest BCUT2D eigenvalue weighted by Crippen LogP contribution is 2.36. The zero-order valence-electron chi connectivity index (χ0n) is 11.0. The molecule has 19 heavy (non-hydrogen) atoms. The first-order chi connectivity index (χ1) is 9.16. The normalized spacial score (nSPS) is 26.4. The Morgan fingerprint density at radius 3 is 2.79 bits per heavy atom. The van der Waals surface area contributed by atoms with Gasteiger partial charge in [-0.25, -0.2) is 5.43 Å². The van der Waals surface area contributed by atoms with Gasteiger partial charge in [0.25, 0.3) is 0 Å². The Balaban J connectivity index is 2.03. The summed E-state index contributed by atoms with van der Waals surface area (Å²) in [7, 11) is 0. The number of hydrogen-bond acceptors (Lipinski definition) is 3. The van der Waals surface area contributed by atoms with E-state index in [0.29, 0.717) is 0 Å². The van der Waals surface area contributed by atoms with Gasteiger partial charge >= 0.3 is 0 Å². The molecule has 1 amide bonds. The Hall–Kier alpha value is -1.84. The van der Waals surface area contributed by atoms with Crippen molar-refractivity contribution in [3.05, 3.63) is 29.3 Å². The molecule has 1 aromatic rings. The number of aromatic hydroxyl groups is 1. The number of carbonyl (C=O) groups is 1. The van der Waals surface area contributed by atoms with Gasteiger partial charge in [0.15, 0.2) is 0 Å². The molecule has 0 saturated heterocycles. The number of benzene rings is 1. The smallest absolute Gasteiger partial charge is 0.243 e. The molecule has 1 fully saturated rings. The van der Waals surface area contributed by atoms with Crippen LogP contribution in [0.5, 0.6) is 5.75 Å². The molecule has 1 aliphatic heterocycles. The minimum atomic E-state index is 0.0150. The molecule has 2 atom stereocenters. The third-order valence-electron chi connectivity index (χ3n) is 4.17. The zero-order chi connectivity index (χ0) is 13.4. The number of nitrogens with zero attached hydrogens (tertiary/aromatic N) is 1. The Labute approximate surface area is 112 Å². The molecule has 1 saturated carbocycles. The van der Waals surface area contributed by atoms with Crippen molar-refractivity contribution >= 4 is 11.6 Å². The summed E-state index contributed by atoms with van der Waals surface area (Å²) in [5, 5.41) is 14.3. The van der Waals surface area contributed by atoms with Crippen LogP contribution in [-0.4, -0.2) is 16.7 Å². The summed E-state index contributed by atoms with van der Waals surface area (Å²) >= 11 is 0. The fourth-order valence-corrected chi connectivity index (χ4v) is 3.17. The van der Waals surface area contributed by atoms with Gasteiger partial charge in [-0.15, -0.1) is 0 Å². The van der Waals surface area contributed by atoms with E-state index in [1.807, 2.05) is 19.1 Å². The van der Waals surface area contributed by atoms with Crippen LogP contribution in [0.15, 0.2) is 23.3 Å². The van der Waals surface area contributed by atoms with Gasteiger partial charge in [-0.1, -0.05) is 24.5 Å². The molecule has 4 heteroatoms. The summed E-state index contributed by atoms with van der Waals surface area (Å²) < 4.78 is 0. The Bertz CT molecular complexity index is 551. The molecule has 0 radical (unpaired) electrons. The van der Waals surface area contributed by atoms with Gasteiger partial charge in [-0.05, 0) is 31.9 Å². The second-order valence-electron chi connectivity index (χ2n) is 5.49.